The maximum atomic E-state index is 13.7. The van der Waals surface area contributed by atoms with Gasteiger partial charge in [-0.05, 0) is 60.1 Å². The van der Waals surface area contributed by atoms with Gasteiger partial charge in [-0.25, -0.2) is 9.37 Å². The number of hydrogen-bond acceptors (Lipinski definition) is 2. The summed E-state index contributed by atoms with van der Waals surface area (Å²) in [6.45, 7) is 2.06. The Labute approximate surface area is 120 Å². The Morgan fingerprint density at radius 1 is 1.32 bits per heavy atom. The fourth-order valence-electron chi connectivity index (χ4n) is 2.58. The van der Waals surface area contributed by atoms with Gasteiger partial charge in [-0.3, -0.25) is 0 Å². The third-order valence-electron chi connectivity index (χ3n) is 3.61. The van der Waals surface area contributed by atoms with Gasteiger partial charge in [0.1, 0.15) is 5.82 Å². The number of rotatable bonds is 2. The summed E-state index contributed by atoms with van der Waals surface area (Å²) in [5.41, 5.74) is 2.00. The summed E-state index contributed by atoms with van der Waals surface area (Å²) in [7, 11) is 0. The van der Waals surface area contributed by atoms with E-state index in [4.69, 9.17) is 0 Å². The molecule has 0 atom stereocenters. The fraction of sp³-hybridized carbons (Fsp3) is 0.357. The average molecular weight is 324 g/mol. The van der Waals surface area contributed by atoms with Crippen LogP contribution in [0.1, 0.15) is 24.5 Å². The van der Waals surface area contributed by atoms with Gasteiger partial charge in [-0.1, -0.05) is 0 Å². The lowest BCUT2D eigenvalue weighted by Crippen LogP contribution is -2.27. The molecular weight excluding hydrogens is 309 g/mol. The summed E-state index contributed by atoms with van der Waals surface area (Å²) in [6.07, 6.45) is 5.87. The molecule has 1 aromatic heterocycles. The predicted molar refractivity (Wildman–Crippen MR) is 76.1 cm³/mol. The lowest BCUT2D eigenvalue weighted by Gasteiger charge is -2.23. The Morgan fingerprint density at radius 2 is 2.11 bits per heavy atom. The highest BCUT2D eigenvalue weighted by atomic mass is 79.9. The maximum Gasteiger partial charge on any atom is 0.139 e. The quantitative estimate of drug-likeness (QED) is 0.919. The molecule has 1 aliphatic heterocycles. The molecule has 100 valence electrons. The van der Waals surface area contributed by atoms with Crippen LogP contribution in [-0.2, 0) is 0 Å². The summed E-state index contributed by atoms with van der Waals surface area (Å²) in [5, 5.41) is 3.36. The van der Waals surface area contributed by atoms with Crippen LogP contribution in [0.3, 0.4) is 0 Å². The van der Waals surface area contributed by atoms with E-state index in [0.717, 1.165) is 31.6 Å². The molecule has 3 nitrogen and oxygen atoms in total. The largest absolute Gasteiger partial charge is 0.317 e. The molecule has 5 heteroatoms. The van der Waals surface area contributed by atoms with Gasteiger partial charge in [0.25, 0.3) is 0 Å². The molecule has 0 spiro atoms. The van der Waals surface area contributed by atoms with Gasteiger partial charge in [0.2, 0.25) is 0 Å². The van der Waals surface area contributed by atoms with Crippen molar-refractivity contribution in [3.8, 4) is 5.69 Å². The Hall–Kier alpha value is -1.20. The van der Waals surface area contributed by atoms with E-state index in [1.54, 1.807) is 12.4 Å². The van der Waals surface area contributed by atoms with Crippen LogP contribution in [0.15, 0.2) is 35.2 Å². The third-order valence-corrected chi connectivity index (χ3v) is 4.25. The smallest absolute Gasteiger partial charge is 0.139 e. The number of halogens is 2. The molecule has 0 radical (unpaired) electrons. The van der Waals surface area contributed by atoms with Crippen LogP contribution in [0.5, 0.6) is 0 Å². The minimum Gasteiger partial charge on any atom is -0.317 e. The predicted octanol–water partition coefficient (Wildman–Crippen LogP) is 3.24. The van der Waals surface area contributed by atoms with Gasteiger partial charge in [0.05, 0.1) is 10.8 Å². The van der Waals surface area contributed by atoms with Gasteiger partial charge in [0.15, 0.2) is 0 Å². The van der Waals surface area contributed by atoms with Crippen molar-refractivity contribution in [2.24, 2.45) is 0 Å². The lowest BCUT2D eigenvalue weighted by atomic mass is 9.95. The number of benzene rings is 1. The highest BCUT2D eigenvalue weighted by Gasteiger charge is 2.19. The molecular formula is C14H15BrFN3. The van der Waals surface area contributed by atoms with Crippen molar-refractivity contribution >= 4 is 15.9 Å². The topological polar surface area (TPSA) is 29.9 Å². The number of aromatic nitrogens is 2. The van der Waals surface area contributed by atoms with Crippen molar-refractivity contribution in [3.05, 3.63) is 46.7 Å². The van der Waals surface area contributed by atoms with E-state index in [0.29, 0.717) is 10.4 Å². The van der Waals surface area contributed by atoms with Gasteiger partial charge >= 0.3 is 0 Å². The van der Waals surface area contributed by atoms with E-state index in [9.17, 15) is 4.39 Å². The summed E-state index contributed by atoms with van der Waals surface area (Å²) >= 11 is 3.18. The monoisotopic (exact) mass is 323 g/mol. The molecule has 19 heavy (non-hydrogen) atoms. The van der Waals surface area contributed by atoms with Gasteiger partial charge in [-0.15, -0.1) is 0 Å². The van der Waals surface area contributed by atoms with E-state index in [1.165, 1.54) is 11.8 Å². The van der Waals surface area contributed by atoms with Crippen LogP contribution < -0.4 is 5.32 Å². The van der Waals surface area contributed by atoms with Crippen LogP contribution in [0.25, 0.3) is 5.69 Å². The van der Waals surface area contributed by atoms with Crippen LogP contribution >= 0.6 is 15.9 Å². The first-order chi connectivity index (χ1) is 9.25. The molecule has 1 saturated heterocycles. The minimum absolute atomic E-state index is 0.248. The minimum atomic E-state index is -0.248. The number of piperidine rings is 1. The molecule has 0 aliphatic carbocycles. The molecule has 0 bridgehead atoms. The maximum absolute atomic E-state index is 13.7. The first-order valence-electron chi connectivity index (χ1n) is 6.44. The Kier molecular flexibility index (Phi) is 3.66. The molecule has 2 heterocycles. The zero-order valence-corrected chi connectivity index (χ0v) is 12.0. The highest BCUT2D eigenvalue weighted by molar-refractivity contribution is 9.10. The van der Waals surface area contributed by atoms with Crippen LogP contribution in [0, 0.1) is 5.82 Å². The van der Waals surface area contributed by atoms with E-state index < -0.39 is 0 Å². The number of nitrogens with one attached hydrogen (secondary N) is 1. The Bertz CT molecular complexity index is 576. The molecule has 1 aliphatic rings. The fourth-order valence-corrected chi connectivity index (χ4v) is 2.82. The molecule has 0 saturated carbocycles. The van der Waals surface area contributed by atoms with Gasteiger partial charge in [0, 0.05) is 23.5 Å². The summed E-state index contributed by atoms with van der Waals surface area (Å²) in [5.74, 6) is 0.248. The number of hydrogen-bond donors (Lipinski definition) is 1. The molecule has 0 unspecified atom stereocenters. The van der Waals surface area contributed by atoms with Crippen molar-refractivity contribution in [2.75, 3.05) is 13.1 Å². The molecule has 1 fully saturated rings. The zero-order chi connectivity index (χ0) is 13.2. The second-order valence-corrected chi connectivity index (χ2v) is 5.67. The van der Waals surface area contributed by atoms with Crippen molar-refractivity contribution in [3.63, 3.8) is 0 Å². The third kappa shape index (κ3) is 2.58. The van der Waals surface area contributed by atoms with E-state index in [2.05, 4.69) is 26.2 Å². The Balaban J connectivity index is 1.96. The zero-order valence-electron chi connectivity index (χ0n) is 10.4. The standard InChI is InChI=1S/C14H15BrFN3/c15-12-2-1-11(7-13(12)16)19-9-18-8-14(19)10-3-5-17-6-4-10/h1-2,7-10,17H,3-6H2. The Morgan fingerprint density at radius 3 is 2.84 bits per heavy atom. The SMILES string of the molecule is Fc1cc(-n2cncc2C2CCNCC2)ccc1Br. The first kappa shape index (κ1) is 12.8. The van der Waals surface area contributed by atoms with Crippen molar-refractivity contribution in [1.82, 2.24) is 14.9 Å². The van der Waals surface area contributed by atoms with Crippen molar-refractivity contribution < 1.29 is 4.39 Å². The second-order valence-electron chi connectivity index (χ2n) is 4.81. The number of nitrogens with zero attached hydrogens (tertiary/aromatic N) is 2. The molecule has 2 aromatic rings. The first-order valence-corrected chi connectivity index (χ1v) is 7.23. The molecule has 3 rings (SSSR count). The van der Waals surface area contributed by atoms with Gasteiger partial charge in [-0.2, -0.15) is 0 Å². The number of imidazole rings is 1. The van der Waals surface area contributed by atoms with Crippen LogP contribution in [0.4, 0.5) is 4.39 Å². The second kappa shape index (κ2) is 5.43. The molecule has 1 N–H and O–H groups in total. The summed E-state index contributed by atoms with van der Waals surface area (Å²) in [6, 6.07) is 5.17. The normalized spacial score (nSPS) is 16.7. The van der Waals surface area contributed by atoms with Gasteiger partial charge < -0.3 is 9.88 Å². The summed E-state index contributed by atoms with van der Waals surface area (Å²) in [4.78, 5) is 4.23. The van der Waals surface area contributed by atoms with E-state index >= 15 is 0 Å². The van der Waals surface area contributed by atoms with Crippen molar-refractivity contribution in [2.45, 2.75) is 18.8 Å². The van der Waals surface area contributed by atoms with E-state index in [1.807, 2.05) is 16.8 Å². The molecule has 0 amide bonds. The van der Waals surface area contributed by atoms with Crippen LogP contribution in [-0.4, -0.2) is 22.6 Å². The average Bonchev–Trinajstić information content (AvgIpc) is 2.92. The lowest BCUT2D eigenvalue weighted by molar-refractivity contribution is 0.449. The highest BCUT2D eigenvalue weighted by Crippen LogP contribution is 2.28. The summed E-state index contributed by atoms with van der Waals surface area (Å²) < 4.78 is 16.1. The van der Waals surface area contributed by atoms with E-state index in [-0.39, 0.29) is 5.82 Å². The molecule has 1 aromatic carbocycles. The van der Waals surface area contributed by atoms with Crippen molar-refractivity contribution in [1.29, 1.82) is 0 Å². The van der Waals surface area contributed by atoms with Crippen LogP contribution in [0.2, 0.25) is 0 Å².